The van der Waals surface area contributed by atoms with E-state index in [4.69, 9.17) is 4.74 Å². The summed E-state index contributed by atoms with van der Waals surface area (Å²) in [5.74, 6) is -0.482. The van der Waals surface area contributed by atoms with Crippen molar-refractivity contribution in [3.63, 3.8) is 0 Å². The Morgan fingerprint density at radius 1 is 0.460 bits per heavy atom. The van der Waals surface area contributed by atoms with Crippen molar-refractivity contribution in [3.05, 3.63) is 36.5 Å². The van der Waals surface area contributed by atoms with Crippen molar-refractivity contribution in [1.29, 1.82) is 0 Å². The molecule has 0 spiro atoms. The average Bonchev–Trinajstić information content (AvgIpc) is 3.28. The van der Waals surface area contributed by atoms with Crippen molar-refractivity contribution < 1.29 is 24.5 Å². The van der Waals surface area contributed by atoms with Crippen LogP contribution in [0.5, 0.6) is 0 Å². The fourth-order valence-corrected chi connectivity index (χ4v) is 8.50. The third-order valence-corrected chi connectivity index (χ3v) is 12.7. The Balaban J connectivity index is 4.58. The quantitative estimate of drug-likeness (QED) is 0.0321. The predicted molar refractivity (Wildman–Crippen MR) is 273 cm³/mol. The molecule has 3 N–H and O–H groups in total. The number of rotatable bonds is 50. The van der Waals surface area contributed by atoms with Crippen LogP contribution in [-0.4, -0.2) is 46.9 Å². The highest BCUT2D eigenvalue weighted by Gasteiger charge is 2.24. The van der Waals surface area contributed by atoms with Crippen LogP contribution in [-0.2, 0) is 14.3 Å². The lowest BCUT2D eigenvalue weighted by Crippen LogP contribution is -2.46. The number of carbonyl (C=O) groups is 2. The minimum Gasteiger partial charge on any atom is -0.462 e. The van der Waals surface area contributed by atoms with E-state index < -0.39 is 18.2 Å². The first-order valence-corrected chi connectivity index (χ1v) is 27.7. The largest absolute Gasteiger partial charge is 0.462 e. The molecule has 0 aliphatic heterocycles. The van der Waals surface area contributed by atoms with Crippen molar-refractivity contribution in [1.82, 2.24) is 5.32 Å². The minimum absolute atomic E-state index is 0.0667. The first-order chi connectivity index (χ1) is 31.0. The Morgan fingerprint density at radius 3 is 1.25 bits per heavy atom. The maximum absolute atomic E-state index is 13.2. The highest BCUT2D eigenvalue weighted by Crippen LogP contribution is 2.18. The van der Waals surface area contributed by atoms with Crippen LogP contribution >= 0.6 is 0 Å². The number of ether oxygens (including phenoxy) is 1. The van der Waals surface area contributed by atoms with Gasteiger partial charge < -0.3 is 20.3 Å². The van der Waals surface area contributed by atoms with Crippen LogP contribution in [0.2, 0.25) is 0 Å². The smallest absolute Gasteiger partial charge is 0.306 e. The van der Waals surface area contributed by atoms with Gasteiger partial charge in [-0.3, -0.25) is 9.59 Å². The Morgan fingerprint density at radius 2 is 0.810 bits per heavy atom. The number of hydrogen-bond acceptors (Lipinski definition) is 5. The summed E-state index contributed by atoms with van der Waals surface area (Å²) in [6.07, 6.45) is 60.6. The highest BCUT2D eigenvalue weighted by molar-refractivity contribution is 5.77. The van der Waals surface area contributed by atoms with E-state index in [2.05, 4.69) is 62.5 Å². The van der Waals surface area contributed by atoms with Crippen molar-refractivity contribution >= 4 is 11.9 Å². The van der Waals surface area contributed by atoms with Gasteiger partial charge in [0.05, 0.1) is 25.2 Å². The molecule has 3 atom stereocenters. The van der Waals surface area contributed by atoms with Gasteiger partial charge in [-0.15, -0.1) is 0 Å². The van der Waals surface area contributed by atoms with Gasteiger partial charge in [0.15, 0.2) is 0 Å². The number of esters is 1. The Hall–Kier alpha value is -1.92. The van der Waals surface area contributed by atoms with Gasteiger partial charge in [-0.1, -0.05) is 250 Å². The molecule has 0 bridgehead atoms. The molecule has 0 aromatic carbocycles. The van der Waals surface area contributed by atoms with E-state index in [1.54, 1.807) is 0 Å². The lowest BCUT2D eigenvalue weighted by atomic mass is 10.0. The van der Waals surface area contributed by atoms with Crippen LogP contribution in [0.4, 0.5) is 0 Å². The summed E-state index contributed by atoms with van der Waals surface area (Å²) in [6.45, 7) is 6.47. The Labute approximate surface area is 392 Å². The van der Waals surface area contributed by atoms with Gasteiger partial charge >= 0.3 is 5.97 Å². The fraction of sp³-hybridized carbons (Fsp3) is 0.860. The lowest BCUT2D eigenvalue weighted by molar-refractivity contribution is -0.151. The van der Waals surface area contributed by atoms with E-state index in [1.165, 1.54) is 167 Å². The van der Waals surface area contributed by atoms with Crippen molar-refractivity contribution in [2.24, 2.45) is 0 Å². The van der Waals surface area contributed by atoms with E-state index in [0.29, 0.717) is 19.3 Å². The van der Waals surface area contributed by atoms with Crippen molar-refractivity contribution in [2.45, 2.75) is 309 Å². The summed E-state index contributed by atoms with van der Waals surface area (Å²) in [5, 5.41) is 23.8. The number of nitrogens with one attached hydrogen (secondary N) is 1. The third kappa shape index (κ3) is 46.4. The second kappa shape index (κ2) is 51.1. The van der Waals surface area contributed by atoms with E-state index in [0.717, 1.165) is 77.0 Å². The van der Waals surface area contributed by atoms with Gasteiger partial charge in [0.25, 0.3) is 0 Å². The number of allylic oxidation sites excluding steroid dienone is 6. The maximum Gasteiger partial charge on any atom is 0.306 e. The number of amides is 1. The molecule has 0 saturated heterocycles. The summed E-state index contributed by atoms with van der Waals surface area (Å²) in [4.78, 5) is 26.2. The molecule has 3 unspecified atom stereocenters. The van der Waals surface area contributed by atoms with Crippen LogP contribution in [0.15, 0.2) is 36.5 Å². The van der Waals surface area contributed by atoms with Crippen LogP contribution < -0.4 is 5.32 Å². The standard InChI is InChI=1S/C57H107NO5/c1-4-7-10-13-16-19-22-25-27-28-30-31-33-36-39-42-45-48-53(63-57(62)50-47-44-41-38-35-24-21-18-15-12-9-6-3)51-56(61)58-54(52-59)55(60)49-46-43-40-37-34-32-29-26-23-20-17-14-11-8-5-2/h16,19,25,27,30-31,53-55,59-60H,4-15,17-18,20-24,26,28-29,32-52H2,1-3H3,(H,58,61)/b19-16-,27-25-,31-30-. The molecule has 0 aliphatic rings. The minimum atomic E-state index is -0.792. The van der Waals surface area contributed by atoms with Gasteiger partial charge in [0.1, 0.15) is 6.10 Å². The van der Waals surface area contributed by atoms with Crippen LogP contribution in [0, 0.1) is 0 Å². The Kier molecular flexibility index (Phi) is 49.5. The molecule has 0 saturated carbocycles. The lowest BCUT2D eigenvalue weighted by Gasteiger charge is -2.24. The molecule has 0 aliphatic carbocycles. The number of carbonyl (C=O) groups excluding carboxylic acids is 2. The molecular weight excluding hydrogens is 779 g/mol. The second-order valence-corrected chi connectivity index (χ2v) is 19.0. The predicted octanol–water partition coefficient (Wildman–Crippen LogP) is 16.8. The summed E-state index contributed by atoms with van der Waals surface area (Å²) >= 11 is 0. The van der Waals surface area contributed by atoms with Crippen LogP contribution in [0.3, 0.4) is 0 Å². The first kappa shape index (κ1) is 61.1. The summed E-state index contributed by atoms with van der Waals surface area (Å²) < 4.78 is 5.94. The molecule has 0 rings (SSSR count). The molecule has 63 heavy (non-hydrogen) atoms. The monoisotopic (exact) mass is 886 g/mol. The van der Waals surface area contributed by atoms with Crippen molar-refractivity contribution in [2.75, 3.05) is 6.61 Å². The number of hydrogen-bond donors (Lipinski definition) is 3. The van der Waals surface area contributed by atoms with Crippen LogP contribution in [0.25, 0.3) is 0 Å². The molecular formula is C57H107NO5. The molecule has 0 fully saturated rings. The van der Waals surface area contributed by atoms with E-state index in [9.17, 15) is 19.8 Å². The highest BCUT2D eigenvalue weighted by atomic mass is 16.5. The summed E-state index contributed by atoms with van der Waals surface area (Å²) in [6, 6.07) is -0.706. The molecule has 6 heteroatoms. The van der Waals surface area contributed by atoms with Crippen LogP contribution in [0.1, 0.15) is 290 Å². The SMILES string of the molecule is CCCCC/C=C\C/C=C\C/C=C\CCCCCCC(CC(=O)NC(CO)C(O)CCCCCCCCCCCCCCCCC)OC(=O)CCCCCCCCCCCCCC. The molecule has 6 nitrogen and oxygen atoms in total. The zero-order valence-electron chi connectivity index (χ0n) is 42.2. The topological polar surface area (TPSA) is 95.9 Å². The molecule has 0 aromatic rings. The number of unbranched alkanes of at least 4 members (excludes halogenated alkanes) is 32. The zero-order valence-corrected chi connectivity index (χ0v) is 42.2. The maximum atomic E-state index is 13.2. The molecule has 370 valence electrons. The first-order valence-electron chi connectivity index (χ1n) is 27.7. The van der Waals surface area contributed by atoms with Gasteiger partial charge in [-0.05, 0) is 64.2 Å². The van der Waals surface area contributed by atoms with E-state index in [-0.39, 0.29) is 24.9 Å². The van der Waals surface area contributed by atoms with Gasteiger partial charge in [0.2, 0.25) is 5.91 Å². The summed E-state index contributed by atoms with van der Waals surface area (Å²) in [7, 11) is 0. The normalized spacial score (nSPS) is 13.4. The van der Waals surface area contributed by atoms with Gasteiger partial charge in [0, 0.05) is 6.42 Å². The molecule has 0 radical (unpaired) electrons. The average molecular weight is 886 g/mol. The van der Waals surface area contributed by atoms with Gasteiger partial charge in [-0.25, -0.2) is 0 Å². The third-order valence-electron chi connectivity index (χ3n) is 12.7. The van der Waals surface area contributed by atoms with E-state index in [1.807, 2.05) is 0 Å². The summed E-state index contributed by atoms with van der Waals surface area (Å²) in [5.41, 5.74) is 0. The Bertz CT molecular complexity index is 1040. The van der Waals surface area contributed by atoms with E-state index >= 15 is 0 Å². The number of aliphatic hydroxyl groups excluding tert-OH is 2. The molecule has 0 heterocycles. The number of aliphatic hydroxyl groups is 2. The fourth-order valence-electron chi connectivity index (χ4n) is 8.50. The molecule has 0 aromatic heterocycles. The zero-order chi connectivity index (χ0) is 45.9. The van der Waals surface area contributed by atoms with Crippen molar-refractivity contribution in [3.8, 4) is 0 Å². The molecule has 1 amide bonds. The van der Waals surface area contributed by atoms with Gasteiger partial charge in [-0.2, -0.15) is 0 Å². The second-order valence-electron chi connectivity index (χ2n) is 19.0.